The molecule has 1 fully saturated rings. The lowest BCUT2D eigenvalue weighted by atomic mass is 10.2. The predicted octanol–water partition coefficient (Wildman–Crippen LogP) is 2.08. The van der Waals surface area contributed by atoms with E-state index < -0.39 is 23.7 Å². The number of H-pyrrole nitrogens is 1. The fraction of sp³-hybridized carbons (Fsp3) is 0.375. The van der Waals surface area contributed by atoms with Gasteiger partial charge in [0.2, 0.25) is 0 Å². The SMILES string of the molecule is C[C@H]1CN(c2nc(-c3ccncc3)[nH]c(=O)c2Cl)CCN1C(=O)C(F)(F)F. The maximum atomic E-state index is 12.7. The summed E-state index contributed by atoms with van der Waals surface area (Å²) in [5, 5.41) is -0.157. The van der Waals surface area contributed by atoms with Crippen molar-refractivity contribution in [2.45, 2.75) is 19.1 Å². The highest BCUT2D eigenvalue weighted by molar-refractivity contribution is 6.32. The number of amides is 1. The second-order valence-corrected chi connectivity index (χ2v) is 6.46. The van der Waals surface area contributed by atoms with Crippen molar-refractivity contribution in [3.63, 3.8) is 0 Å². The monoisotopic (exact) mass is 401 g/mol. The van der Waals surface area contributed by atoms with Crippen LogP contribution in [0.4, 0.5) is 19.0 Å². The summed E-state index contributed by atoms with van der Waals surface area (Å²) >= 11 is 6.08. The molecule has 7 nitrogen and oxygen atoms in total. The van der Waals surface area contributed by atoms with Crippen LogP contribution in [0.1, 0.15) is 6.92 Å². The van der Waals surface area contributed by atoms with E-state index in [1.54, 1.807) is 17.0 Å². The van der Waals surface area contributed by atoms with Crippen molar-refractivity contribution in [2.24, 2.45) is 0 Å². The lowest BCUT2D eigenvalue weighted by molar-refractivity contribution is -0.187. The largest absolute Gasteiger partial charge is 0.471 e. The van der Waals surface area contributed by atoms with Crippen molar-refractivity contribution in [2.75, 3.05) is 24.5 Å². The molecule has 0 spiro atoms. The van der Waals surface area contributed by atoms with E-state index in [2.05, 4.69) is 15.0 Å². The van der Waals surface area contributed by atoms with E-state index in [0.717, 1.165) is 4.90 Å². The predicted molar refractivity (Wildman–Crippen MR) is 92.5 cm³/mol. The standard InChI is InChI=1S/C16H15ClF3N5O2/c1-9-8-24(6-7-25(9)15(27)16(18,19)20)13-11(17)14(26)23-12(22-13)10-2-4-21-5-3-10/h2-5,9H,6-8H2,1H3,(H,22,23,26)/t9-/m0/s1. The molecule has 2 aromatic heterocycles. The number of aromatic nitrogens is 3. The number of nitrogens with one attached hydrogen (secondary N) is 1. The molecule has 1 saturated heterocycles. The number of halogens is 4. The van der Waals surface area contributed by atoms with Crippen LogP contribution in [0.2, 0.25) is 5.02 Å². The van der Waals surface area contributed by atoms with E-state index >= 15 is 0 Å². The summed E-state index contributed by atoms with van der Waals surface area (Å²) in [5.74, 6) is -1.45. The van der Waals surface area contributed by atoms with Gasteiger partial charge in [-0.15, -0.1) is 0 Å². The van der Waals surface area contributed by atoms with E-state index in [9.17, 15) is 22.8 Å². The number of pyridine rings is 1. The molecule has 0 aromatic carbocycles. The Balaban J connectivity index is 1.89. The minimum absolute atomic E-state index is 0.0633. The number of alkyl halides is 3. The Hall–Kier alpha value is -2.62. The molecule has 1 atom stereocenters. The Bertz CT molecular complexity index is 903. The molecule has 27 heavy (non-hydrogen) atoms. The van der Waals surface area contributed by atoms with Crippen LogP contribution in [0.15, 0.2) is 29.3 Å². The lowest BCUT2D eigenvalue weighted by Gasteiger charge is -2.40. The van der Waals surface area contributed by atoms with Crippen molar-refractivity contribution in [3.05, 3.63) is 39.9 Å². The first-order valence-electron chi connectivity index (χ1n) is 8.01. The molecule has 1 aliphatic heterocycles. The molecular formula is C16H15ClF3N5O2. The second-order valence-electron chi connectivity index (χ2n) is 6.08. The second kappa shape index (κ2) is 7.18. The lowest BCUT2D eigenvalue weighted by Crippen LogP contribution is -2.57. The molecule has 0 unspecified atom stereocenters. The van der Waals surface area contributed by atoms with Gasteiger partial charge in [0.15, 0.2) is 5.82 Å². The average molecular weight is 402 g/mol. The van der Waals surface area contributed by atoms with Crippen LogP contribution in [0.3, 0.4) is 0 Å². The summed E-state index contributed by atoms with van der Waals surface area (Å²) in [4.78, 5) is 36.9. The molecular weight excluding hydrogens is 387 g/mol. The van der Waals surface area contributed by atoms with Crippen LogP contribution in [-0.4, -0.2) is 57.6 Å². The molecule has 3 rings (SSSR count). The fourth-order valence-electron chi connectivity index (χ4n) is 2.92. The first kappa shape index (κ1) is 19.2. The molecule has 0 saturated carbocycles. The van der Waals surface area contributed by atoms with E-state index in [-0.39, 0.29) is 36.3 Å². The van der Waals surface area contributed by atoms with Gasteiger partial charge in [0.1, 0.15) is 10.8 Å². The number of carbonyl (C=O) groups excluding carboxylic acids is 1. The van der Waals surface area contributed by atoms with Crippen LogP contribution >= 0.6 is 11.6 Å². The highest BCUT2D eigenvalue weighted by Crippen LogP contribution is 2.27. The molecule has 1 aliphatic rings. The van der Waals surface area contributed by atoms with Crippen LogP contribution < -0.4 is 10.5 Å². The van der Waals surface area contributed by atoms with Crippen molar-refractivity contribution < 1.29 is 18.0 Å². The van der Waals surface area contributed by atoms with Gasteiger partial charge in [-0.2, -0.15) is 13.2 Å². The van der Waals surface area contributed by atoms with Gasteiger partial charge in [0, 0.05) is 43.6 Å². The number of nitrogens with zero attached hydrogens (tertiary/aromatic N) is 4. The Morgan fingerprint density at radius 2 is 1.96 bits per heavy atom. The minimum atomic E-state index is -4.93. The van der Waals surface area contributed by atoms with Crippen LogP contribution in [0.25, 0.3) is 11.4 Å². The third kappa shape index (κ3) is 3.90. The van der Waals surface area contributed by atoms with Gasteiger partial charge in [-0.25, -0.2) is 4.98 Å². The third-order valence-corrected chi connectivity index (χ3v) is 4.57. The average Bonchev–Trinajstić information content (AvgIpc) is 2.63. The molecule has 0 radical (unpaired) electrons. The molecule has 144 valence electrons. The molecule has 3 heterocycles. The number of rotatable bonds is 2. The molecule has 2 aromatic rings. The number of anilines is 1. The number of aromatic amines is 1. The van der Waals surface area contributed by atoms with E-state index in [4.69, 9.17) is 11.6 Å². The number of piperazine rings is 1. The van der Waals surface area contributed by atoms with Crippen molar-refractivity contribution in [1.29, 1.82) is 0 Å². The first-order chi connectivity index (χ1) is 12.7. The molecule has 11 heteroatoms. The quantitative estimate of drug-likeness (QED) is 0.833. The van der Waals surface area contributed by atoms with Gasteiger partial charge in [0.25, 0.3) is 5.56 Å². The molecule has 0 aliphatic carbocycles. The smallest absolute Gasteiger partial charge is 0.351 e. The minimum Gasteiger partial charge on any atom is -0.351 e. The molecule has 1 N–H and O–H groups in total. The maximum Gasteiger partial charge on any atom is 0.471 e. The fourth-order valence-corrected chi connectivity index (χ4v) is 3.13. The Morgan fingerprint density at radius 3 is 2.56 bits per heavy atom. The van der Waals surface area contributed by atoms with Gasteiger partial charge in [-0.05, 0) is 19.1 Å². The van der Waals surface area contributed by atoms with Gasteiger partial charge in [-0.3, -0.25) is 14.6 Å². The van der Waals surface area contributed by atoms with E-state index in [1.165, 1.54) is 19.3 Å². The van der Waals surface area contributed by atoms with Gasteiger partial charge < -0.3 is 14.8 Å². The molecule has 1 amide bonds. The highest BCUT2D eigenvalue weighted by atomic mass is 35.5. The zero-order chi connectivity index (χ0) is 19.8. The summed E-state index contributed by atoms with van der Waals surface area (Å²) in [6.45, 7) is 1.47. The summed E-state index contributed by atoms with van der Waals surface area (Å²) in [6, 6.07) is 2.58. The van der Waals surface area contributed by atoms with Gasteiger partial charge in [0.05, 0.1) is 0 Å². The summed E-state index contributed by atoms with van der Waals surface area (Å²) in [7, 11) is 0. The van der Waals surface area contributed by atoms with Crippen LogP contribution in [-0.2, 0) is 4.79 Å². The number of hydrogen-bond acceptors (Lipinski definition) is 5. The van der Waals surface area contributed by atoms with E-state index in [0.29, 0.717) is 5.56 Å². The molecule has 0 bridgehead atoms. The number of carbonyl (C=O) groups is 1. The van der Waals surface area contributed by atoms with Crippen molar-refractivity contribution >= 4 is 23.3 Å². The normalized spacial score (nSPS) is 17.9. The van der Waals surface area contributed by atoms with Crippen molar-refractivity contribution in [1.82, 2.24) is 19.9 Å². The summed E-state index contributed by atoms with van der Waals surface area (Å²) in [6.07, 6.45) is -1.86. The van der Waals surface area contributed by atoms with Crippen molar-refractivity contribution in [3.8, 4) is 11.4 Å². The van der Waals surface area contributed by atoms with Gasteiger partial charge in [-0.1, -0.05) is 11.6 Å². The summed E-state index contributed by atoms with van der Waals surface area (Å²) in [5.41, 5.74) is 0.0499. The van der Waals surface area contributed by atoms with Gasteiger partial charge >= 0.3 is 12.1 Å². The Labute approximate surface area is 156 Å². The number of hydrogen-bond donors (Lipinski definition) is 1. The summed E-state index contributed by atoms with van der Waals surface area (Å²) < 4.78 is 38.1. The zero-order valence-corrected chi connectivity index (χ0v) is 14.9. The topological polar surface area (TPSA) is 82.2 Å². The Kier molecular flexibility index (Phi) is 5.09. The highest BCUT2D eigenvalue weighted by Gasteiger charge is 2.45. The zero-order valence-electron chi connectivity index (χ0n) is 14.1. The van der Waals surface area contributed by atoms with Crippen LogP contribution in [0, 0.1) is 0 Å². The third-order valence-electron chi connectivity index (χ3n) is 4.23. The van der Waals surface area contributed by atoms with Crippen LogP contribution in [0.5, 0.6) is 0 Å². The Morgan fingerprint density at radius 1 is 1.30 bits per heavy atom. The van der Waals surface area contributed by atoms with E-state index in [1.807, 2.05) is 0 Å². The maximum absolute atomic E-state index is 12.7. The first-order valence-corrected chi connectivity index (χ1v) is 8.39.